The van der Waals surface area contributed by atoms with Gasteiger partial charge < -0.3 is 10.1 Å². The molecule has 1 saturated heterocycles. The Hall–Kier alpha value is -0.860. The Balaban J connectivity index is 0.00000264. The number of hydrogen-bond acceptors (Lipinski definition) is 5. The third kappa shape index (κ3) is 4.81. The normalized spacial score (nSPS) is 21.3. The summed E-state index contributed by atoms with van der Waals surface area (Å²) in [5.41, 5.74) is -0.0269. The summed E-state index contributed by atoms with van der Waals surface area (Å²) < 4.78 is 32.6. The number of esters is 1. The molecule has 1 aliphatic heterocycles. The molecule has 2 unspecified atom stereocenters. The Kier molecular flexibility index (Phi) is 7.29. The van der Waals surface area contributed by atoms with Crippen LogP contribution in [-0.4, -0.2) is 40.6 Å². The van der Waals surface area contributed by atoms with E-state index in [9.17, 15) is 13.2 Å². The van der Waals surface area contributed by atoms with Gasteiger partial charge in [0.1, 0.15) is 0 Å². The number of halogens is 2. The monoisotopic (exact) mass is 382 g/mol. The number of carbonyl (C=O) groups is 1. The van der Waals surface area contributed by atoms with E-state index < -0.39 is 16.0 Å². The van der Waals surface area contributed by atoms with Crippen molar-refractivity contribution < 1.29 is 17.9 Å². The van der Waals surface area contributed by atoms with E-state index in [4.69, 9.17) is 11.6 Å². The molecule has 0 amide bonds. The van der Waals surface area contributed by atoms with Crippen molar-refractivity contribution in [3.05, 3.63) is 28.8 Å². The molecule has 0 aromatic heterocycles. The predicted octanol–water partition coefficient (Wildman–Crippen LogP) is 1.82. The smallest absolute Gasteiger partial charge is 0.339 e. The van der Waals surface area contributed by atoms with Crippen LogP contribution in [0.15, 0.2) is 23.1 Å². The number of hydrogen-bond donors (Lipinski definition) is 2. The molecular formula is C14H20Cl2N2O4S. The fourth-order valence-corrected chi connectivity index (χ4v) is 4.28. The van der Waals surface area contributed by atoms with Gasteiger partial charge in [-0.1, -0.05) is 18.5 Å². The Labute approximate surface area is 147 Å². The Morgan fingerprint density at radius 2 is 2.13 bits per heavy atom. The first-order chi connectivity index (χ1) is 10.3. The second-order valence-corrected chi connectivity index (χ2v) is 7.45. The average Bonchev–Trinajstić information content (AvgIpc) is 2.48. The second kappa shape index (κ2) is 8.30. The fourth-order valence-electron chi connectivity index (χ4n) is 2.45. The van der Waals surface area contributed by atoms with Gasteiger partial charge in [-0.3, -0.25) is 0 Å². The lowest BCUT2D eigenvalue weighted by atomic mass is 9.97. The molecular weight excluding hydrogens is 363 g/mol. The van der Waals surface area contributed by atoms with Gasteiger partial charge in [0.25, 0.3) is 0 Å². The largest absolute Gasteiger partial charge is 0.465 e. The second-order valence-electron chi connectivity index (χ2n) is 5.33. The number of carbonyl (C=O) groups excluding carboxylic acids is 1. The summed E-state index contributed by atoms with van der Waals surface area (Å²) in [6.07, 6.45) is 0.689. The summed E-state index contributed by atoms with van der Waals surface area (Å²) in [6, 6.07) is 3.90. The summed E-state index contributed by atoms with van der Waals surface area (Å²) >= 11 is 5.89. The van der Waals surface area contributed by atoms with Crippen molar-refractivity contribution in [3.8, 4) is 0 Å². The zero-order chi connectivity index (χ0) is 16.3. The summed E-state index contributed by atoms with van der Waals surface area (Å²) in [4.78, 5) is 11.6. The number of piperidine rings is 1. The van der Waals surface area contributed by atoms with E-state index in [1.165, 1.54) is 25.3 Å². The van der Waals surface area contributed by atoms with Gasteiger partial charge in [-0.05, 0) is 43.6 Å². The van der Waals surface area contributed by atoms with E-state index in [0.717, 1.165) is 13.1 Å². The van der Waals surface area contributed by atoms with Crippen molar-refractivity contribution in [1.82, 2.24) is 10.0 Å². The SMILES string of the molecule is COC(=O)c1ccc(Cl)cc1S(=O)(=O)NC1CCNCC1C.Cl. The molecule has 0 spiro atoms. The van der Waals surface area contributed by atoms with E-state index in [-0.39, 0.29) is 39.8 Å². The molecule has 0 radical (unpaired) electrons. The Bertz CT molecular complexity index is 667. The van der Waals surface area contributed by atoms with Crippen LogP contribution in [0.5, 0.6) is 0 Å². The molecule has 1 heterocycles. The van der Waals surface area contributed by atoms with Gasteiger partial charge in [-0.2, -0.15) is 0 Å². The van der Waals surface area contributed by atoms with E-state index >= 15 is 0 Å². The topological polar surface area (TPSA) is 84.5 Å². The summed E-state index contributed by atoms with van der Waals surface area (Å²) in [5, 5.41) is 3.45. The van der Waals surface area contributed by atoms with E-state index in [2.05, 4.69) is 14.8 Å². The van der Waals surface area contributed by atoms with Gasteiger partial charge in [-0.15, -0.1) is 12.4 Å². The summed E-state index contributed by atoms with van der Waals surface area (Å²) in [6.45, 7) is 3.46. The number of benzene rings is 1. The highest BCUT2D eigenvalue weighted by Crippen LogP contribution is 2.23. The number of sulfonamides is 1. The highest BCUT2D eigenvalue weighted by atomic mass is 35.5. The third-order valence-corrected chi connectivity index (χ3v) is 5.50. The van der Waals surface area contributed by atoms with Gasteiger partial charge in [-0.25, -0.2) is 17.9 Å². The van der Waals surface area contributed by atoms with Gasteiger partial charge in [0.15, 0.2) is 0 Å². The highest BCUT2D eigenvalue weighted by molar-refractivity contribution is 7.89. The molecule has 0 saturated carbocycles. The first-order valence-corrected chi connectivity index (χ1v) is 8.82. The number of nitrogens with one attached hydrogen (secondary N) is 2. The minimum atomic E-state index is -3.86. The lowest BCUT2D eigenvalue weighted by Crippen LogP contribution is -2.48. The molecule has 130 valence electrons. The van der Waals surface area contributed by atoms with Gasteiger partial charge in [0.05, 0.1) is 17.6 Å². The van der Waals surface area contributed by atoms with Crippen LogP contribution in [0.4, 0.5) is 0 Å². The highest BCUT2D eigenvalue weighted by Gasteiger charge is 2.29. The average molecular weight is 383 g/mol. The first-order valence-electron chi connectivity index (χ1n) is 6.96. The maximum Gasteiger partial charge on any atom is 0.339 e. The zero-order valence-electron chi connectivity index (χ0n) is 12.8. The van der Waals surface area contributed by atoms with Crippen LogP contribution in [0.2, 0.25) is 5.02 Å². The van der Waals surface area contributed by atoms with E-state index in [1.807, 2.05) is 6.92 Å². The first kappa shape index (κ1) is 20.2. The van der Waals surface area contributed by atoms with Crippen LogP contribution in [0.25, 0.3) is 0 Å². The molecule has 9 heteroatoms. The lowest BCUT2D eigenvalue weighted by Gasteiger charge is -2.30. The van der Waals surface area contributed by atoms with Crippen molar-refractivity contribution in [2.75, 3.05) is 20.2 Å². The van der Waals surface area contributed by atoms with Crippen molar-refractivity contribution in [3.63, 3.8) is 0 Å². The van der Waals surface area contributed by atoms with Gasteiger partial charge >= 0.3 is 5.97 Å². The van der Waals surface area contributed by atoms with Crippen LogP contribution < -0.4 is 10.0 Å². The molecule has 2 rings (SSSR count). The standard InChI is InChI=1S/C14H19ClN2O4S.ClH/c1-9-8-16-6-5-12(9)17-22(19,20)13-7-10(15)3-4-11(13)14(18)21-2;/h3-4,7,9,12,16-17H,5-6,8H2,1-2H3;1H. The Morgan fingerprint density at radius 3 is 2.74 bits per heavy atom. The van der Waals surface area contributed by atoms with Crippen LogP contribution >= 0.6 is 24.0 Å². The van der Waals surface area contributed by atoms with Crippen molar-refractivity contribution in [2.24, 2.45) is 5.92 Å². The van der Waals surface area contributed by atoms with Crippen LogP contribution in [-0.2, 0) is 14.8 Å². The number of ether oxygens (including phenoxy) is 1. The maximum absolute atomic E-state index is 12.6. The molecule has 1 aliphatic rings. The fraction of sp³-hybridized carbons (Fsp3) is 0.500. The minimum absolute atomic E-state index is 0. The quantitative estimate of drug-likeness (QED) is 0.775. The maximum atomic E-state index is 12.6. The van der Waals surface area contributed by atoms with Crippen LogP contribution in [0.1, 0.15) is 23.7 Å². The summed E-state index contributed by atoms with van der Waals surface area (Å²) in [7, 11) is -2.66. The van der Waals surface area contributed by atoms with Crippen LogP contribution in [0.3, 0.4) is 0 Å². The van der Waals surface area contributed by atoms with Crippen molar-refractivity contribution in [1.29, 1.82) is 0 Å². The molecule has 1 fully saturated rings. The molecule has 2 N–H and O–H groups in total. The van der Waals surface area contributed by atoms with Crippen molar-refractivity contribution in [2.45, 2.75) is 24.3 Å². The molecule has 0 aliphatic carbocycles. The number of rotatable bonds is 4. The molecule has 6 nitrogen and oxygen atoms in total. The molecule has 0 bridgehead atoms. The number of methoxy groups -OCH3 is 1. The van der Waals surface area contributed by atoms with E-state index in [0.29, 0.717) is 6.42 Å². The minimum Gasteiger partial charge on any atom is -0.465 e. The van der Waals surface area contributed by atoms with E-state index in [1.54, 1.807) is 0 Å². The molecule has 23 heavy (non-hydrogen) atoms. The molecule has 2 atom stereocenters. The zero-order valence-corrected chi connectivity index (χ0v) is 15.2. The van der Waals surface area contributed by atoms with Gasteiger partial charge in [0, 0.05) is 11.1 Å². The third-order valence-electron chi connectivity index (χ3n) is 3.73. The predicted molar refractivity (Wildman–Crippen MR) is 90.8 cm³/mol. The Morgan fingerprint density at radius 1 is 1.43 bits per heavy atom. The lowest BCUT2D eigenvalue weighted by molar-refractivity contribution is 0.0596. The van der Waals surface area contributed by atoms with Crippen LogP contribution in [0, 0.1) is 5.92 Å². The molecule has 1 aromatic rings. The van der Waals surface area contributed by atoms with Crippen molar-refractivity contribution >= 4 is 40.0 Å². The summed E-state index contributed by atoms with van der Waals surface area (Å²) in [5.74, 6) is -0.556. The molecule has 1 aromatic carbocycles. The van der Waals surface area contributed by atoms with Gasteiger partial charge in [0.2, 0.25) is 10.0 Å².